The summed E-state index contributed by atoms with van der Waals surface area (Å²) in [5, 5.41) is 0. The van der Waals surface area contributed by atoms with Crippen molar-refractivity contribution in [3.8, 4) is 0 Å². The molecule has 0 amide bonds. The molecular formula is C12H16O2. The van der Waals surface area contributed by atoms with Gasteiger partial charge in [-0.25, -0.2) is 0 Å². The molecule has 0 spiro atoms. The molecule has 0 heterocycles. The minimum absolute atomic E-state index is 0.431. The fraction of sp³-hybridized carbons (Fsp3) is 0.417. The second kappa shape index (κ2) is 6.19. The van der Waals surface area contributed by atoms with E-state index in [-0.39, 0.29) is 0 Å². The lowest BCUT2D eigenvalue weighted by Crippen LogP contribution is -1.80. The van der Waals surface area contributed by atoms with Gasteiger partial charge in [-0.05, 0) is 37.3 Å². The monoisotopic (exact) mass is 192 g/mol. The third-order valence-electron chi connectivity index (χ3n) is 2.25. The summed E-state index contributed by atoms with van der Waals surface area (Å²) in [5.41, 5.74) is 3.13. The highest BCUT2D eigenvalue weighted by Gasteiger charge is 2.07. The van der Waals surface area contributed by atoms with E-state index < -0.39 is 0 Å². The first-order chi connectivity index (χ1) is 6.88. The van der Waals surface area contributed by atoms with Crippen LogP contribution >= 0.6 is 0 Å². The van der Waals surface area contributed by atoms with Gasteiger partial charge in [-0.3, -0.25) is 4.79 Å². The number of hydrogen-bond acceptors (Lipinski definition) is 2. The molecule has 1 aromatic rings. The largest absolute Gasteiger partial charge is 0.468 e. The molecule has 0 saturated carbocycles. The van der Waals surface area contributed by atoms with Crippen LogP contribution in [-0.2, 0) is 22.4 Å². The normalized spacial score (nSPS) is 12.4. The molecule has 0 aliphatic heterocycles. The molecule has 2 rings (SSSR count). The molecule has 0 bridgehead atoms. The van der Waals surface area contributed by atoms with Crippen molar-refractivity contribution >= 4 is 6.47 Å². The molecule has 1 aliphatic carbocycles. The van der Waals surface area contributed by atoms with Crippen LogP contribution in [0.15, 0.2) is 24.3 Å². The molecule has 76 valence electrons. The van der Waals surface area contributed by atoms with Crippen molar-refractivity contribution in [3.63, 3.8) is 0 Å². The zero-order valence-corrected chi connectivity index (χ0v) is 8.53. The van der Waals surface area contributed by atoms with Gasteiger partial charge in [-0.2, -0.15) is 0 Å². The van der Waals surface area contributed by atoms with E-state index in [1.54, 1.807) is 18.1 Å². The van der Waals surface area contributed by atoms with E-state index in [9.17, 15) is 4.79 Å². The van der Waals surface area contributed by atoms with Gasteiger partial charge in [0.2, 0.25) is 0 Å². The fourth-order valence-corrected chi connectivity index (χ4v) is 1.58. The molecule has 0 atom stereocenters. The highest BCUT2D eigenvalue weighted by atomic mass is 16.5. The predicted molar refractivity (Wildman–Crippen MR) is 56.2 cm³/mol. The van der Waals surface area contributed by atoms with Crippen molar-refractivity contribution in [3.05, 3.63) is 35.4 Å². The van der Waals surface area contributed by atoms with Gasteiger partial charge in [0.05, 0.1) is 6.61 Å². The van der Waals surface area contributed by atoms with Crippen molar-refractivity contribution in [2.45, 2.75) is 26.2 Å². The summed E-state index contributed by atoms with van der Waals surface area (Å²) in [6.45, 7) is 2.66. The Balaban J connectivity index is 0.000000171. The average Bonchev–Trinajstić information content (AvgIpc) is 2.67. The molecular weight excluding hydrogens is 176 g/mol. The lowest BCUT2D eigenvalue weighted by Gasteiger charge is -1.93. The number of hydrogen-bond donors (Lipinski definition) is 0. The Kier molecular flexibility index (Phi) is 4.76. The number of carbonyl (C=O) groups is 1. The van der Waals surface area contributed by atoms with Crippen molar-refractivity contribution in [2.75, 3.05) is 6.61 Å². The van der Waals surface area contributed by atoms with Crippen LogP contribution in [0.4, 0.5) is 0 Å². The highest BCUT2D eigenvalue weighted by molar-refractivity contribution is 5.36. The minimum Gasteiger partial charge on any atom is -0.468 e. The predicted octanol–water partition coefficient (Wildman–Crippen LogP) is 2.35. The van der Waals surface area contributed by atoms with E-state index in [0.717, 1.165) is 0 Å². The van der Waals surface area contributed by atoms with Crippen molar-refractivity contribution in [2.24, 2.45) is 0 Å². The summed E-state index contributed by atoms with van der Waals surface area (Å²) < 4.78 is 4.15. The van der Waals surface area contributed by atoms with Crippen LogP contribution in [0.2, 0.25) is 0 Å². The van der Waals surface area contributed by atoms with E-state index in [1.807, 2.05) is 0 Å². The first-order valence-corrected chi connectivity index (χ1v) is 5.00. The summed E-state index contributed by atoms with van der Waals surface area (Å²) in [4.78, 5) is 9.18. The van der Waals surface area contributed by atoms with Crippen molar-refractivity contribution < 1.29 is 9.53 Å². The maximum Gasteiger partial charge on any atom is 0.293 e. The lowest BCUT2D eigenvalue weighted by atomic mass is 10.1. The second-order valence-electron chi connectivity index (χ2n) is 3.17. The van der Waals surface area contributed by atoms with Crippen LogP contribution in [0, 0.1) is 0 Å². The summed E-state index contributed by atoms with van der Waals surface area (Å²) >= 11 is 0. The van der Waals surface area contributed by atoms with Gasteiger partial charge in [0.25, 0.3) is 6.47 Å². The Morgan fingerprint density at radius 2 is 1.86 bits per heavy atom. The molecule has 0 unspecified atom stereocenters. The second-order valence-corrected chi connectivity index (χ2v) is 3.17. The average molecular weight is 192 g/mol. The van der Waals surface area contributed by atoms with Crippen LogP contribution in [0.3, 0.4) is 0 Å². The minimum atomic E-state index is 0.431. The Bertz CT molecular complexity index is 258. The van der Waals surface area contributed by atoms with Crippen LogP contribution in [0.25, 0.3) is 0 Å². The molecule has 14 heavy (non-hydrogen) atoms. The molecule has 0 saturated heterocycles. The van der Waals surface area contributed by atoms with E-state index in [2.05, 4.69) is 29.0 Å². The maximum absolute atomic E-state index is 9.18. The number of carbonyl (C=O) groups excluding carboxylic acids is 1. The number of ether oxygens (including phenoxy) is 1. The third-order valence-corrected chi connectivity index (χ3v) is 2.25. The zero-order valence-electron chi connectivity index (χ0n) is 8.53. The van der Waals surface area contributed by atoms with Crippen LogP contribution in [0.5, 0.6) is 0 Å². The quantitative estimate of drug-likeness (QED) is 0.672. The molecule has 0 radical (unpaired) electrons. The summed E-state index contributed by atoms with van der Waals surface area (Å²) in [6, 6.07) is 8.74. The summed E-state index contributed by atoms with van der Waals surface area (Å²) in [7, 11) is 0. The fourth-order valence-electron chi connectivity index (χ4n) is 1.58. The molecule has 1 aromatic carbocycles. The highest BCUT2D eigenvalue weighted by Crippen LogP contribution is 2.20. The van der Waals surface area contributed by atoms with Crippen LogP contribution < -0.4 is 0 Å². The van der Waals surface area contributed by atoms with E-state index in [4.69, 9.17) is 0 Å². The summed E-state index contributed by atoms with van der Waals surface area (Å²) in [6.07, 6.45) is 3.96. The van der Waals surface area contributed by atoms with Crippen LogP contribution in [0.1, 0.15) is 24.5 Å². The van der Waals surface area contributed by atoms with Gasteiger partial charge < -0.3 is 4.74 Å². The van der Waals surface area contributed by atoms with E-state index >= 15 is 0 Å². The molecule has 0 N–H and O–H groups in total. The topological polar surface area (TPSA) is 26.3 Å². The molecule has 1 aliphatic rings. The Hall–Kier alpha value is -1.31. The van der Waals surface area contributed by atoms with Crippen molar-refractivity contribution in [1.82, 2.24) is 0 Å². The number of benzene rings is 1. The van der Waals surface area contributed by atoms with Crippen LogP contribution in [-0.4, -0.2) is 13.1 Å². The Labute approximate surface area is 84.9 Å². The summed E-state index contributed by atoms with van der Waals surface area (Å²) in [5.74, 6) is 0. The van der Waals surface area contributed by atoms with E-state index in [0.29, 0.717) is 13.1 Å². The molecule has 2 heteroatoms. The van der Waals surface area contributed by atoms with Gasteiger partial charge in [0.1, 0.15) is 0 Å². The molecule has 0 fully saturated rings. The molecule has 0 aromatic heterocycles. The van der Waals surface area contributed by atoms with Gasteiger partial charge in [0.15, 0.2) is 0 Å². The maximum atomic E-state index is 9.18. The Morgan fingerprint density at radius 3 is 2.21 bits per heavy atom. The van der Waals surface area contributed by atoms with Gasteiger partial charge >= 0.3 is 0 Å². The lowest BCUT2D eigenvalue weighted by molar-refractivity contribution is -0.128. The third kappa shape index (κ3) is 3.21. The first kappa shape index (κ1) is 10.8. The van der Waals surface area contributed by atoms with Gasteiger partial charge in [-0.1, -0.05) is 24.3 Å². The molecule has 2 nitrogen and oxygen atoms in total. The van der Waals surface area contributed by atoms with Crippen molar-refractivity contribution in [1.29, 1.82) is 0 Å². The zero-order chi connectivity index (χ0) is 10.2. The SMILES string of the molecule is CCOC=O.c1ccc2c(c1)CCC2. The van der Waals surface area contributed by atoms with Gasteiger partial charge in [0, 0.05) is 0 Å². The number of rotatable bonds is 2. The van der Waals surface area contributed by atoms with E-state index in [1.165, 1.54) is 19.3 Å². The number of aryl methyl sites for hydroxylation is 2. The first-order valence-electron chi connectivity index (χ1n) is 5.00. The smallest absolute Gasteiger partial charge is 0.293 e. The Morgan fingerprint density at radius 1 is 1.29 bits per heavy atom. The standard InChI is InChI=1S/C9H10.C3H6O2/c1-2-5-9-7-3-6-8(9)4-1;1-2-5-3-4/h1-2,4-5H,3,6-7H2;3H,2H2,1H3. The van der Waals surface area contributed by atoms with Gasteiger partial charge in [-0.15, -0.1) is 0 Å². The number of fused-ring (bicyclic) bond motifs is 1.